The van der Waals surface area contributed by atoms with Gasteiger partial charge in [0, 0.05) is 28.9 Å². The largest absolute Gasteiger partial charge is 0.478 e. The molecule has 0 spiro atoms. The maximum Gasteiger partial charge on any atom is 0.330 e. The summed E-state index contributed by atoms with van der Waals surface area (Å²) >= 11 is 0. The zero-order valence-corrected chi connectivity index (χ0v) is 11.2. The van der Waals surface area contributed by atoms with Gasteiger partial charge in [-0.3, -0.25) is 10.1 Å². The topological polar surface area (TPSA) is 138 Å². The van der Waals surface area contributed by atoms with Crippen molar-refractivity contribution < 1.29 is 29.8 Å². The molecule has 0 rings (SSSR count). The van der Waals surface area contributed by atoms with Crippen molar-refractivity contribution >= 4 is 11.9 Å². The van der Waals surface area contributed by atoms with E-state index < -0.39 is 29.0 Å². The Balaban J connectivity index is 5.27. The van der Waals surface area contributed by atoms with E-state index in [1.807, 2.05) is 0 Å². The fourth-order valence-corrected chi connectivity index (χ4v) is 1.28. The van der Waals surface area contributed by atoms with E-state index in [-0.39, 0.29) is 24.0 Å². The molecule has 0 aliphatic carbocycles. The quantitative estimate of drug-likeness (QED) is 0.341. The van der Waals surface area contributed by atoms with Gasteiger partial charge in [-0.1, -0.05) is 12.2 Å². The van der Waals surface area contributed by atoms with Crippen LogP contribution >= 0.6 is 0 Å². The fraction of sp³-hybridized carbons (Fsp3) is 0.500. The SMILES string of the molecule is CC(=CCC(CO)(CC=C(C)C(=O)O)[N+](=O)[O-])C(=O)O. The minimum Gasteiger partial charge on any atom is -0.478 e. The number of aliphatic carboxylic acids is 2. The van der Waals surface area contributed by atoms with Crippen molar-refractivity contribution in [3.8, 4) is 0 Å². The highest BCUT2D eigenvalue weighted by Gasteiger charge is 2.40. The van der Waals surface area contributed by atoms with Gasteiger partial charge >= 0.3 is 11.9 Å². The zero-order valence-electron chi connectivity index (χ0n) is 11.2. The minimum absolute atomic E-state index is 0.0800. The summed E-state index contributed by atoms with van der Waals surface area (Å²) in [5.74, 6) is -2.42. The summed E-state index contributed by atoms with van der Waals surface area (Å²) < 4.78 is 0. The van der Waals surface area contributed by atoms with E-state index in [9.17, 15) is 24.8 Å². The Morgan fingerprint density at radius 3 is 1.65 bits per heavy atom. The van der Waals surface area contributed by atoms with Gasteiger partial charge in [-0.25, -0.2) is 9.59 Å². The lowest BCUT2D eigenvalue weighted by atomic mass is 9.91. The van der Waals surface area contributed by atoms with Crippen molar-refractivity contribution in [3.63, 3.8) is 0 Å². The molecule has 0 radical (unpaired) electrons. The molecule has 0 aromatic rings. The van der Waals surface area contributed by atoms with Crippen molar-refractivity contribution in [3.05, 3.63) is 33.4 Å². The Morgan fingerprint density at radius 2 is 1.45 bits per heavy atom. The third kappa shape index (κ3) is 4.81. The van der Waals surface area contributed by atoms with Crippen LogP contribution in [0, 0.1) is 10.1 Å². The zero-order chi connectivity index (χ0) is 15.9. The maximum atomic E-state index is 11.1. The number of aliphatic hydroxyl groups is 1. The first-order chi connectivity index (χ1) is 9.16. The lowest BCUT2D eigenvalue weighted by Gasteiger charge is -2.20. The average molecular weight is 287 g/mol. The van der Waals surface area contributed by atoms with E-state index in [1.165, 1.54) is 13.8 Å². The number of carboxylic acid groups (broad SMARTS) is 2. The van der Waals surface area contributed by atoms with Gasteiger partial charge in [0.1, 0.15) is 6.61 Å². The summed E-state index contributed by atoms with van der Waals surface area (Å²) in [6.07, 6.45) is 1.67. The summed E-state index contributed by atoms with van der Waals surface area (Å²) in [5, 5.41) is 37.7. The van der Waals surface area contributed by atoms with Crippen LogP contribution in [-0.4, -0.2) is 44.3 Å². The normalized spacial score (nSPS) is 15.6. The van der Waals surface area contributed by atoms with Gasteiger partial charge < -0.3 is 15.3 Å². The monoisotopic (exact) mass is 287 g/mol. The Kier molecular flexibility index (Phi) is 6.57. The number of aliphatic hydroxyl groups excluding tert-OH is 1. The molecule has 0 heterocycles. The van der Waals surface area contributed by atoms with Crippen LogP contribution in [-0.2, 0) is 9.59 Å². The summed E-state index contributed by atoms with van der Waals surface area (Å²) in [5.41, 5.74) is -1.99. The van der Waals surface area contributed by atoms with Crippen LogP contribution in [0.5, 0.6) is 0 Å². The Labute approximate surface area is 115 Å². The summed E-state index contributed by atoms with van der Waals surface area (Å²) in [7, 11) is 0. The van der Waals surface area contributed by atoms with E-state index >= 15 is 0 Å². The molecule has 0 saturated carbocycles. The number of carboxylic acids is 2. The molecule has 0 saturated heterocycles. The van der Waals surface area contributed by atoms with Crippen LogP contribution in [0.4, 0.5) is 0 Å². The van der Waals surface area contributed by atoms with Crippen molar-refractivity contribution in [2.24, 2.45) is 0 Å². The second-order valence-corrected chi connectivity index (χ2v) is 4.43. The number of carbonyl (C=O) groups is 2. The highest BCUT2D eigenvalue weighted by atomic mass is 16.6. The standard InChI is InChI=1S/C12H17NO7/c1-8(10(15)16)3-5-12(7-14,13(19)20)6-4-9(2)11(17)18/h3-4,14H,5-7H2,1-2H3,(H,15,16)(H,17,18). The molecule has 0 unspecified atom stereocenters. The van der Waals surface area contributed by atoms with Gasteiger partial charge in [0.2, 0.25) is 0 Å². The Hall–Kier alpha value is -2.22. The average Bonchev–Trinajstić information content (AvgIpc) is 2.37. The van der Waals surface area contributed by atoms with Crippen molar-refractivity contribution in [2.75, 3.05) is 6.61 Å². The van der Waals surface area contributed by atoms with Crippen LogP contribution in [0.2, 0.25) is 0 Å². The molecule has 8 nitrogen and oxygen atoms in total. The molecule has 0 aliphatic rings. The number of hydrogen-bond donors (Lipinski definition) is 3. The van der Waals surface area contributed by atoms with E-state index in [0.29, 0.717) is 0 Å². The minimum atomic E-state index is -1.83. The molecule has 8 heteroatoms. The summed E-state index contributed by atoms with van der Waals surface area (Å²) in [4.78, 5) is 31.7. The summed E-state index contributed by atoms with van der Waals surface area (Å²) in [6, 6.07) is 0. The first-order valence-electron chi connectivity index (χ1n) is 5.71. The molecule has 0 amide bonds. The molecule has 20 heavy (non-hydrogen) atoms. The second kappa shape index (κ2) is 7.39. The van der Waals surface area contributed by atoms with Gasteiger partial charge in [-0.05, 0) is 13.8 Å². The van der Waals surface area contributed by atoms with Crippen molar-refractivity contribution in [1.82, 2.24) is 0 Å². The third-order valence-electron chi connectivity index (χ3n) is 2.93. The number of rotatable bonds is 8. The molecular formula is C12H17NO7. The highest BCUT2D eigenvalue weighted by molar-refractivity contribution is 5.86. The first-order valence-corrected chi connectivity index (χ1v) is 5.71. The van der Waals surface area contributed by atoms with Gasteiger partial charge in [-0.2, -0.15) is 0 Å². The van der Waals surface area contributed by atoms with Crippen molar-refractivity contribution in [2.45, 2.75) is 32.2 Å². The Morgan fingerprint density at radius 1 is 1.10 bits per heavy atom. The predicted octanol–water partition coefficient (Wildman–Crippen LogP) is 0.836. The second-order valence-electron chi connectivity index (χ2n) is 4.43. The highest BCUT2D eigenvalue weighted by Crippen LogP contribution is 2.22. The number of nitro groups is 1. The number of hydrogen-bond acceptors (Lipinski definition) is 5. The van der Waals surface area contributed by atoms with E-state index in [2.05, 4.69) is 0 Å². The van der Waals surface area contributed by atoms with Crippen LogP contribution in [0.25, 0.3) is 0 Å². The first kappa shape index (κ1) is 17.8. The molecular weight excluding hydrogens is 270 g/mol. The Bertz CT molecular complexity index is 432. The molecule has 0 bridgehead atoms. The molecule has 0 aliphatic heterocycles. The van der Waals surface area contributed by atoms with Crippen molar-refractivity contribution in [1.29, 1.82) is 0 Å². The van der Waals surface area contributed by atoms with Gasteiger partial charge in [0.25, 0.3) is 5.54 Å². The van der Waals surface area contributed by atoms with Crippen LogP contribution in [0.3, 0.4) is 0 Å². The molecule has 0 fully saturated rings. The van der Waals surface area contributed by atoms with Gasteiger partial charge in [0.15, 0.2) is 0 Å². The van der Waals surface area contributed by atoms with Crippen LogP contribution < -0.4 is 0 Å². The van der Waals surface area contributed by atoms with Gasteiger partial charge in [0.05, 0.1) is 0 Å². The fourth-order valence-electron chi connectivity index (χ4n) is 1.28. The van der Waals surface area contributed by atoms with E-state index in [1.54, 1.807) is 0 Å². The maximum absolute atomic E-state index is 11.1. The number of nitrogens with zero attached hydrogens (tertiary/aromatic N) is 1. The third-order valence-corrected chi connectivity index (χ3v) is 2.93. The predicted molar refractivity (Wildman–Crippen MR) is 68.8 cm³/mol. The summed E-state index contributed by atoms with van der Waals surface area (Å²) in [6.45, 7) is 1.73. The van der Waals surface area contributed by atoms with Crippen LogP contribution in [0.1, 0.15) is 26.7 Å². The smallest absolute Gasteiger partial charge is 0.330 e. The van der Waals surface area contributed by atoms with E-state index in [4.69, 9.17) is 10.2 Å². The van der Waals surface area contributed by atoms with Gasteiger partial charge in [-0.15, -0.1) is 0 Å². The molecule has 0 aromatic heterocycles. The van der Waals surface area contributed by atoms with E-state index in [0.717, 1.165) is 12.2 Å². The molecule has 0 atom stereocenters. The van der Waals surface area contributed by atoms with Crippen LogP contribution in [0.15, 0.2) is 23.3 Å². The molecule has 112 valence electrons. The lowest BCUT2D eigenvalue weighted by Crippen LogP contribution is -2.41. The molecule has 0 aromatic carbocycles. The molecule has 3 N–H and O–H groups in total. The lowest BCUT2D eigenvalue weighted by molar-refractivity contribution is -0.572.